The van der Waals surface area contributed by atoms with Crippen LogP contribution in [0.4, 0.5) is 5.82 Å². The molecule has 1 aromatic heterocycles. The van der Waals surface area contributed by atoms with Gasteiger partial charge in [0.25, 0.3) is 0 Å². The van der Waals surface area contributed by atoms with Crippen LogP contribution in [0.1, 0.15) is 18.6 Å². The summed E-state index contributed by atoms with van der Waals surface area (Å²) in [5, 5.41) is 9.62. The molecule has 0 aromatic carbocycles. The van der Waals surface area contributed by atoms with E-state index in [4.69, 9.17) is 11.5 Å². The molecule has 0 saturated heterocycles. The van der Waals surface area contributed by atoms with E-state index >= 15 is 0 Å². The van der Waals surface area contributed by atoms with E-state index in [1.165, 1.54) is 11.1 Å². The van der Waals surface area contributed by atoms with Crippen LogP contribution in [0.15, 0.2) is 18.3 Å². The maximum Gasteiger partial charge on any atom is 0.237 e. The van der Waals surface area contributed by atoms with Gasteiger partial charge in [-0.1, -0.05) is 6.07 Å². The number of anilines is 1. The Hall–Kier alpha value is -2.15. The molecule has 0 fully saturated rings. The summed E-state index contributed by atoms with van der Waals surface area (Å²) in [6.45, 7) is 1.17. The molecular weight excluding hydrogens is 236 g/mol. The zero-order chi connectivity index (χ0) is 13.7. The Morgan fingerprint density at radius 2 is 1.94 bits per heavy atom. The summed E-state index contributed by atoms with van der Waals surface area (Å²) in [7, 11) is 0. The molecule has 0 saturated carbocycles. The van der Waals surface area contributed by atoms with Crippen molar-refractivity contribution in [1.29, 1.82) is 0 Å². The third-order valence-corrected chi connectivity index (χ3v) is 2.26. The normalized spacial score (nSPS) is 11.9. The number of carbonyl (C=O) groups is 2. The van der Waals surface area contributed by atoms with Crippen LogP contribution >= 0.6 is 0 Å². The molecule has 0 unspecified atom stereocenters. The van der Waals surface area contributed by atoms with Gasteiger partial charge in [0.05, 0.1) is 19.2 Å². The lowest BCUT2D eigenvalue weighted by Crippen LogP contribution is -2.40. The van der Waals surface area contributed by atoms with E-state index in [9.17, 15) is 14.7 Å². The maximum atomic E-state index is 11.0. The molecule has 1 aromatic rings. The van der Waals surface area contributed by atoms with Crippen LogP contribution in [0.25, 0.3) is 0 Å². The number of aromatic nitrogens is 1. The third kappa shape index (κ3) is 3.70. The first kappa shape index (κ1) is 13.9. The molecule has 0 aliphatic carbocycles. The van der Waals surface area contributed by atoms with E-state index in [1.807, 2.05) is 0 Å². The van der Waals surface area contributed by atoms with Gasteiger partial charge in [0.15, 0.2) is 0 Å². The molecule has 5 N–H and O–H groups in total. The number of carbonyl (C=O) groups excluding carboxylic acids is 2. The van der Waals surface area contributed by atoms with Crippen LogP contribution in [-0.4, -0.2) is 35.0 Å². The average molecular weight is 252 g/mol. The highest BCUT2D eigenvalue weighted by Gasteiger charge is 2.18. The summed E-state index contributed by atoms with van der Waals surface area (Å²) in [5.74, 6) is -0.901. The Bertz CT molecular complexity index is 432. The van der Waals surface area contributed by atoms with Crippen LogP contribution in [0.3, 0.4) is 0 Å². The fraction of sp³-hybridized carbons (Fsp3) is 0.364. The van der Waals surface area contributed by atoms with Crippen molar-refractivity contribution in [2.24, 2.45) is 11.5 Å². The predicted molar refractivity (Wildman–Crippen MR) is 65.5 cm³/mol. The van der Waals surface area contributed by atoms with Gasteiger partial charge in [-0.3, -0.25) is 9.59 Å². The molecule has 1 rings (SSSR count). The minimum Gasteiger partial charge on any atom is -0.389 e. The first-order valence-corrected chi connectivity index (χ1v) is 5.36. The van der Waals surface area contributed by atoms with Gasteiger partial charge in [0.1, 0.15) is 5.82 Å². The second-order valence-corrected chi connectivity index (χ2v) is 3.88. The zero-order valence-electron chi connectivity index (χ0n) is 10.0. The number of aliphatic hydroxyl groups is 1. The summed E-state index contributed by atoms with van der Waals surface area (Å²) >= 11 is 0. The van der Waals surface area contributed by atoms with Crippen LogP contribution in [0, 0.1) is 0 Å². The van der Waals surface area contributed by atoms with Crippen molar-refractivity contribution in [3.63, 3.8) is 0 Å². The Balaban J connectivity index is 3.11. The molecule has 1 heterocycles. The fourth-order valence-electron chi connectivity index (χ4n) is 1.58. The van der Waals surface area contributed by atoms with E-state index in [1.54, 1.807) is 19.1 Å². The molecule has 0 aliphatic rings. The van der Waals surface area contributed by atoms with Crippen molar-refractivity contribution in [3.8, 4) is 0 Å². The molecule has 2 amide bonds. The van der Waals surface area contributed by atoms with Crippen LogP contribution in [0.2, 0.25) is 0 Å². The van der Waals surface area contributed by atoms with E-state index in [0.717, 1.165) is 0 Å². The van der Waals surface area contributed by atoms with Gasteiger partial charge in [0.2, 0.25) is 11.8 Å². The molecule has 0 aliphatic heterocycles. The number of hydrogen-bond acceptors (Lipinski definition) is 5. The summed E-state index contributed by atoms with van der Waals surface area (Å²) in [4.78, 5) is 27.4. The summed E-state index contributed by atoms with van der Waals surface area (Å²) in [5.41, 5.74) is 10.7. The average Bonchev–Trinajstić information content (AvgIpc) is 2.26. The van der Waals surface area contributed by atoms with Crippen molar-refractivity contribution >= 4 is 17.6 Å². The van der Waals surface area contributed by atoms with Crippen LogP contribution < -0.4 is 16.4 Å². The minimum absolute atomic E-state index is 0.195. The van der Waals surface area contributed by atoms with Crippen molar-refractivity contribution < 1.29 is 14.7 Å². The van der Waals surface area contributed by atoms with E-state index in [2.05, 4.69) is 4.98 Å². The highest BCUT2D eigenvalue weighted by molar-refractivity contribution is 5.84. The predicted octanol–water partition coefficient (Wildman–Crippen LogP) is -1.09. The Morgan fingerprint density at radius 1 is 1.39 bits per heavy atom. The van der Waals surface area contributed by atoms with Crippen molar-refractivity contribution in [1.82, 2.24) is 4.98 Å². The first-order valence-electron chi connectivity index (χ1n) is 5.36. The number of pyridine rings is 1. The monoisotopic (exact) mass is 252 g/mol. The van der Waals surface area contributed by atoms with Gasteiger partial charge in [-0.05, 0) is 13.0 Å². The van der Waals surface area contributed by atoms with Gasteiger partial charge < -0.3 is 21.5 Å². The molecule has 1 atom stereocenters. The van der Waals surface area contributed by atoms with Gasteiger partial charge >= 0.3 is 0 Å². The van der Waals surface area contributed by atoms with Crippen molar-refractivity contribution in [2.75, 3.05) is 18.0 Å². The lowest BCUT2D eigenvalue weighted by atomic mass is 10.1. The second kappa shape index (κ2) is 5.97. The largest absolute Gasteiger partial charge is 0.389 e. The lowest BCUT2D eigenvalue weighted by Gasteiger charge is -2.23. The number of rotatable bonds is 6. The Kier molecular flexibility index (Phi) is 4.61. The topological polar surface area (TPSA) is 123 Å². The molecule has 0 spiro atoms. The van der Waals surface area contributed by atoms with Gasteiger partial charge in [-0.2, -0.15) is 0 Å². The molecule has 18 heavy (non-hydrogen) atoms. The van der Waals surface area contributed by atoms with E-state index < -0.39 is 17.9 Å². The number of hydrogen-bond donors (Lipinski definition) is 3. The molecule has 0 radical (unpaired) electrons. The molecule has 98 valence electrons. The van der Waals surface area contributed by atoms with Gasteiger partial charge in [-0.15, -0.1) is 0 Å². The Labute approximate surface area is 104 Å². The number of amides is 2. The smallest absolute Gasteiger partial charge is 0.237 e. The second-order valence-electron chi connectivity index (χ2n) is 3.88. The highest BCUT2D eigenvalue weighted by atomic mass is 16.3. The summed E-state index contributed by atoms with van der Waals surface area (Å²) in [6.07, 6.45) is 0.716. The highest BCUT2D eigenvalue weighted by Crippen LogP contribution is 2.23. The molecular formula is C11H16N4O3. The van der Waals surface area contributed by atoms with Crippen LogP contribution in [-0.2, 0) is 9.59 Å². The molecule has 0 bridgehead atoms. The quantitative estimate of drug-likeness (QED) is 0.593. The minimum atomic E-state index is -0.781. The number of aliphatic hydroxyl groups excluding tert-OH is 1. The fourth-order valence-corrected chi connectivity index (χ4v) is 1.58. The van der Waals surface area contributed by atoms with E-state index in [-0.39, 0.29) is 13.1 Å². The maximum absolute atomic E-state index is 11.0. The number of primary amides is 2. The van der Waals surface area contributed by atoms with Crippen LogP contribution in [0.5, 0.6) is 0 Å². The molecule has 7 nitrogen and oxygen atoms in total. The number of nitrogens with two attached hydrogens (primary N) is 2. The van der Waals surface area contributed by atoms with Gasteiger partial charge in [0, 0.05) is 11.8 Å². The SMILES string of the molecule is C[C@H](O)c1cccnc1N(CC(N)=O)CC(N)=O. The molecule has 7 heteroatoms. The Morgan fingerprint density at radius 3 is 2.39 bits per heavy atom. The zero-order valence-corrected chi connectivity index (χ0v) is 10.0. The van der Waals surface area contributed by atoms with Crippen molar-refractivity contribution in [3.05, 3.63) is 23.9 Å². The summed E-state index contributed by atoms with van der Waals surface area (Å²) < 4.78 is 0. The summed E-state index contributed by atoms with van der Waals surface area (Å²) in [6, 6.07) is 3.31. The number of nitrogens with zero attached hydrogens (tertiary/aromatic N) is 2. The first-order chi connectivity index (χ1) is 8.41. The van der Waals surface area contributed by atoms with Gasteiger partial charge in [-0.25, -0.2) is 4.98 Å². The lowest BCUT2D eigenvalue weighted by molar-refractivity contribution is -0.117. The standard InChI is InChI=1S/C11H16N4O3/c1-7(16)8-3-2-4-14-11(8)15(5-9(12)17)6-10(13)18/h2-4,7,16H,5-6H2,1H3,(H2,12,17)(H2,13,18)/t7-/m0/s1. The van der Waals surface area contributed by atoms with Crippen molar-refractivity contribution in [2.45, 2.75) is 13.0 Å². The van der Waals surface area contributed by atoms with E-state index in [0.29, 0.717) is 11.4 Å². The third-order valence-electron chi connectivity index (χ3n) is 2.26.